The lowest BCUT2D eigenvalue weighted by molar-refractivity contribution is 0.238. The van der Waals surface area contributed by atoms with Gasteiger partial charge in [0.1, 0.15) is 11.5 Å². The minimum Gasteiger partial charge on any atom is -0.492 e. The van der Waals surface area contributed by atoms with Crippen LogP contribution in [0, 0.1) is 0 Å². The van der Waals surface area contributed by atoms with Crippen LogP contribution < -0.4 is 15.2 Å². The van der Waals surface area contributed by atoms with Gasteiger partial charge in [-0.1, -0.05) is 0 Å². The summed E-state index contributed by atoms with van der Waals surface area (Å²) in [4.78, 5) is 4.05. The maximum Gasteiger partial charge on any atom is 0.141 e. The zero-order valence-electron chi connectivity index (χ0n) is 10.1. The smallest absolute Gasteiger partial charge is 0.141 e. The van der Waals surface area contributed by atoms with Crippen LogP contribution in [0.1, 0.15) is 27.2 Å². The fourth-order valence-corrected chi connectivity index (χ4v) is 1.18. The molecule has 0 saturated heterocycles. The van der Waals surface area contributed by atoms with E-state index in [1.54, 1.807) is 12.4 Å². The second kappa shape index (κ2) is 6.33. The van der Waals surface area contributed by atoms with E-state index in [-0.39, 0.29) is 12.1 Å². The molecular weight excluding hydrogens is 204 g/mol. The molecule has 0 amide bonds. The Balaban J connectivity index is 2.47. The van der Waals surface area contributed by atoms with Gasteiger partial charge in [-0.3, -0.25) is 4.98 Å². The van der Waals surface area contributed by atoms with Gasteiger partial charge in [0.15, 0.2) is 0 Å². The monoisotopic (exact) mass is 224 g/mol. The number of aromatic nitrogens is 1. The molecule has 90 valence electrons. The molecule has 4 heteroatoms. The average Bonchev–Trinajstić information content (AvgIpc) is 2.16. The summed E-state index contributed by atoms with van der Waals surface area (Å²) in [6.45, 7) is 6.51. The number of nitrogens with zero attached hydrogens (tertiary/aromatic N) is 1. The van der Waals surface area contributed by atoms with Gasteiger partial charge in [0.2, 0.25) is 0 Å². The minimum atomic E-state index is 0.140. The van der Waals surface area contributed by atoms with Gasteiger partial charge in [0.05, 0.1) is 25.1 Å². The summed E-state index contributed by atoms with van der Waals surface area (Å²) in [5.41, 5.74) is 5.63. The lowest BCUT2D eigenvalue weighted by Gasteiger charge is -2.11. The molecule has 2 N–H and O–H groups in total. The zero-order valence-corrected chi connectivity index (χ0v) is 10.1. The third-order valence-electron chi connectivity index (χ3n) is 1.90. The van der Waals surface area contributed by atoms with Crippen molar-refractivity contribution in [3.63, 3.8) is 0 Å². The van der Waals surface area contributed by atoms with Crippen molar-refractivity contribution in [1.82, 2.24) is 4.98 Å². The lowest BCUT2D eigenvalue weighted by Crippen LogP contribution is -2.18. The molecule has 1 aromatic heterocycles. The van der Waals surface area contributed by atoms with E-state index in [2.05, 4.69) is 4.98 Å². The average molecular weight is 224 g/mol. The van der Waals surface area contributed by atoms with Gasteiger partial charge in [-0.2, -0.15) is 0 Å². The van der Waals surface area contributed by atoms with Crippen LogP contribution in [0.2, 0.25) is 0 Å². The van der Waals surface area contributed by atoms with E-state index in [9.17, 15) is 0 Å². The largest absolute Gasteiger partial charge is 0.492 e. The molecular formula is C12H20N2O2. The van der Waals surface area contributed by atoms with Gasteiger partial charge >= 0.3 is 0 Å². The van der Waals surface area contributed by atoms with E-state index in [0.717, 1.165) is 17.9 Å². The Hall–Kier alpha value is -1.29. The van der Waals surface area contributed by atoms with Crippen molar-refractivity contribution in [3.05, 3.63) is 18.5 Å². The number of rotatable bonds is 6. The molecule has 4 nitrogen and oxygen atoms in total. The maximum atomic E-state index is 5.63. The molecule has 0 aromatic carbocycles. The van der Waals surface area contributed by atoms with Crippen molar-refractivity contribution in [3.8, 4) is 11.5 Å². The highest BCUT2D eigenvalue weighted by atomic mass is 16.5. The van der Waals surface area contributed by atoms with Gasteiger partial charge in [0, 0.05) is 12.1 Å². The molecule has 0 fully saturated rings. The molecule has 1 atom stereocenters. The first kappa shape index (κ1) is 12.8. The molecule has 0 aliphatic carbocycles. The number of nitrogens with two attached hydrogens (primary N) is 1. The van der Waals surface area contributed by atoms with Crippen molar-refractivity contribution in [1.29, 1.82) is 0 Å². The lowest BCUT2D eigenvalue weighted by atomic mass is 10.3. The number of hydrogen-bond acceptors (Lipinski definition) is 4. The zero-order chi connectivity index (χ0) is 12.0. The van der Waals surface area contributed by atoms with Crippen LogP contribution in [0.4, 0.5) is 0 Å². The molecule has 1 rings (SSSR count). The van der Waals surface area contributed by atoms with Gasteiger partial charge in [0.25, 0.3) is 0 Å². The quantitative estimate of drug-likeness (QED) is 0.802. The van der Waals surface area contributed by atoms with E-state index in [1.807, 2.05) is 26.8 Å². The first-order chi connectivity index (χ1) is 7.58. The number of pyridine rings is 1. The van der Waals surface area contributed by atoms with E-state index in [4.69, 9.17) is 15.2 Å². The van der Waals surface area contributed by atoms with E-state index >= 15 is 0 Å². The van der Waals surface area contributed by atoms with Crippen LogP contribution in [0.15, 0.2) is 18.5 Å². The van der Waals surface area contributed by atoms with Gasteiger partial charge in [-0.05, 0) is 27.2 Å². The highest BCUT2D eigenvalue weighted by molar-refractivity contribution is 5.28. The summed E-state index contributed by atoms with van der Waals surface area (Å²) in [5.74, 6) is 1.45. The molecule has 1 unspecified atom stereocenters. The second-order valence-corrected chi connectivity index (χ2v) is 4.14. The van der Waals surface area contributed by atoms with Gasteiger partial charge in [-0.15, -0.1) is 0 Å². The van der Waals surface area contributed by atoms with Crippen LogP contribution in [-0.2, 0) is 0 Å². The normalized spacial score (nSPS) is 12.6. The summed E-state index contributed by atoms with van der Waals surface area (Å²) in [5, 5.41) is 0. The summed E-state index contributed by atoms with van der Waals surface area (Å²) in [7, 11) is 0. The molecule has 16 heavy (non-hydrogen) atoms. The third kappa shape index (κ3) is 4.98. The standard InChI is InChI=1S/C12H20N2O2/c1-9(2)16-12-6-11(7-14-8-12)15-5-4-10(3)13/h6-10H,4-5,13H2,1-3H3. The molecule has 1 heterocycles. The second-order valence-electron chi connectivity index (χ2n) is 4.14. The summed E-state index contributed by atoms with van der Waals surface area (Å²) in [6.07, 6.45) is 4.32. The summed E-state index contributed by atoms with van der Waals surface area (Å²) in [6, 6.07) is 2.00. The highest BCUT2D eigenvalue weighted by Crippen LogP contribution is 2.18. The molecule has 0 aliphatic heterocycles. The molecule has 0 bridgehead atoms. The maximum absolute atomic E-state index is 5.63. The number of ether oxygens (including phenoxy) is 2. The van der Waals surface area contributed by atoms with Crippen LogP contribution in [-0.4, -0.2) is 23.7 Å². The summed E-state index contributed by atoms with van der Waals surface area (Å²) < 4.78 is 11.0. The molecule has 0 aliphatic rings. The molecule has 0 radical (unpaired) electrons. The van der Waals surface area contributed by atoms with E-state index in [1.165, 1.54) is 0 Å². The Labute approximate surface area is 96.8 Å². The Bertz CT molecular complexity index is 314. The highest BCUT2D eigenvalue weighted by Gasteiger charge is 2.01. The Morgan fingerprint density at radius 2 is 1.94 bits per heavy atom. The Kier molecular flexibility index (Phi) is 5.05. The Morgan fingerprint density at radius 3 is 2.56 bits per heavy atom. The van der Waals surface area contributed by atoms with Crippen molar-refractivity contribution >= 4 is 0 Å². The van der Waals surface area contributed by atoms with Crippen LogP contribution in [0.3, 0.4) is 0 Å². The predicted molar refractivity (Wildman–Crippen MR) is 63.8 cm³/mol. The molecule has 1 aromatic rings. The molecule has 0 saturated carbocycles. The predicted octanol–water partition coefficient (Wildman–Crippen LogP) is 1.98. The van der Waals surface area contributed by atoms with Gasteiger partial charge < -0.3 is 15.2 Å². The van der Waals surface area contributed by atoms with E-state index < -0.39 is 0 Å². The van der Waals surface area contributed by atoms with Crippen LogP contribution >= 0.6 is 0 Å². The molecule has 0 spiro atoms. The van der Waals surface area contributed by atoms with Crippen molar-refractivity contribution in [2.45, 2.75) is 39.3 Å². The SMILES string of the molecule is CC(N)CCOc1cncc(OC(C)C)c1. The topological polar surface area (TPSA) is 57.4 Å². The Morgan fingerprint density at radius 1 is 1.25 bits per heavy atom. The number of hydrogen-bond donors (Lipinski definition) is 1. The van der Waals surface area contributed by atoms with E-state index in [0.29, 0.717) is 6.61 Å². The van der Waals surface area contributed by atoms with Crippen LogP contribution in [0.5, 0.6) is 11.5 Å². The third-order valence-corrected chi connectivity index (χ3v) is 1.90. The first-order valence-corrected chi connectivity index (χ1v) is 5.58. The van der Waals surface area contributed by atoms with Crippen molar-refractivity contribution < 1.29 is 9.47 Å². The fraction of sp³-hybridized carbons (Fsp3) is 0.583. The van der Waals surface area contributed by atoms with Gasteiger partial charge in [-0.25, -0.2) is 0 Å². The van der Waals surface area contributed by atoms with Crippen molar-refractivity contribution in [2.24, 2.45) is 5.73 Å². The summed E-state index contributed by atoms with van der Waals surface area (Å²) >= 11 is 0. The minimum absolute atomic E-state index is 0.140. The first-order valence-electron chi connectivity index (χ1n) is 5.58. The fourth-order valence-electron chi connectivity index (χ4n) is 1.18. The van der Waals surface area contributed by atoms with Crippen LogP contribution in [0.25, 0.3) is 0 Å². The van der Waals surface area contributed by atoms with Crippen molar-refractivity contribution in [2.75, 3.05) is 6.61 Å².